The van der Waals surface area contributed by atoms with Crippen LogP contribution in [0.5, 0.6) is 0 Å². The summed E-state index contributed by atoms with van der Waals surface area (Å²) in [5.74, 6) is 0.339. The Morgan fingerprint density at radius 1 is 1.31 bits per heavy atom. The van der Waals surface area contributed by atoms with Crippen LogP contribution in [0.2, 0.25) is 0 Å². The fourth-order valence-electron chi connectivity index (χ4n) is 2.94. The smallest absolute Gasteiger partial charge is 0.321 e. The van der Waals surface area contributed by atoms with Crippen LogP contribution in [0.3, 0.4) is 0 Å². The second-order valence-electron chi connectivity index (χ2n) is 6.43. The van der Waals surface area contributed by atoms with Gasteiger partial charge in [-0.05, 0) is 37.6 Å². The van der Waals surface area contributed by atoms with Crippen molar-refractivity contribution < 1.29 is 9.59 Å². The minimum Gasteiger partial charge on any atom is -0.368 e. The van der Waals surface area contributed by atoms with Crippen LogP contribution >= 0.6 is 0 Å². The molecule has 1 aromatic heterocycles. The number of carbonyl (C=O) groups is 2. The normalized spacial score (nSPS) is 16.6. The van der Waals surface area contributed by atoms with Crippen molar-refractivity contribution >= 4 is 29.3 Å². The molecule has 1 saturated heterocycles. The van der Waals surface area contributed by atoms with E-state index in [2.05, 4.69) is 15.3 Å². The van der Waals surface area contributed by atoms with Gasteiger partial charge in [0.05, 0.1) is 6.54 Å². The second-order valence-corrected chi connectivity index (χ2v) is 6.43. The fourth-order valence-corrected chi connectivity index (χ4v) is 2.94. The Morgan fingerprint density at radius 2 is 1.96 bits per heavy atom. The molecule has 2 aromatic rings. The lowest BCUT2D eigenvalue weighted by atomic mass is 10.2. The van der Waals surface area contributed by atoms with Crippen molar-refractivity contribution in [2.45, 2.75) is 32.4 Å². The third kappa shape index (κ3) is 3.90. The maximum atomic E-state index is 12.3. The number of anilines is 3. The van der Waals surface area contributed by atoms with Crippen LogP contribution in [0.4, 0.5) is 22.1 Å². The standard InChI is InChI=1S/C18H22N6O2/c1-12-3-8-16(25)24(12)15-6-4-14(5-7-15)22-18(26)23(2)11-13-9-20-17(19)21-10-13/h4-7,9-10,12H,3,8,11H2,1-2H3,(H,22,26)(H2,19,20,21)/t12-/m1/s1. The molecule has 0 unspecified atom stereocenters. The first-order valence-corrected chi connectivity index (χ1v) is 8.44. The first kappa shape index (κ1) is 17.7. The van der Waals surface area contributed by atoms with Gasteiger partial charge in [0.25, 0.3) is 0 Å². The molecule has 2 heterocycles. The van der Waals surface area contributed by atoms with Crippen LogP contribution in [0.1, 0.15) is 25.3 Å². The molecule has 26 heavy (non-hydrogen) atoms. The number of nitrogens with two attached hydrogens (primary N) is 1. The molecule has 0 saturated carbocycles. The quantitative estimate of drug-likeness (QED) is 0.876. The van der Waals surface area contributed by atoms with Gasteiger partial charge in [0, 0.05) is 48.8 Å². The molecular formula is C18H22N6O2. The summed E-state index contributed by atoms with van der Waals surface area (Å²) in [5.41, 5.74) is 7.76. The molecule has 3 rings (SSSR count). The maximum Gasteiger partial charge on any atom is 0.321 e. The lowest BCUT2D eigenvalue weighted by molar-refractivity contribution is -0.117. The average molecular weight is 354 g/mol. The summed E-state index contributed by atoms with van der Waals surface area (Å²) in [4.78, 5) is 35.4. The van der Waals surface area contributed by atoms with E-state index in [4.69, 9.17) is 5.73 Å². The molecular weight excluding hydrogens is 332 g/mol. The van der Waals surface area contributed by atoms with E-state index >= 15 is 0 Å². The number of carbonyl (C=O) groups excluding carboxylic acids is 2. The van der Waals surface area contributed by atoms with Crippen LogP contribution in [0, 0.1) is 0 Å². The van der Waals surface area contributed by atoms with E-state index in [0.29, 0.717) is 18.7 Å². The number of rotatable bonds is 4. The Kier molecular flexibility index (Phi) is 5.01. The van der Waals surface area contributed by atoms with Gasteiger partial charge in [0.15, 0.2) is 0 Å². The van der Waals surface area contributed by atoms with E-state index in [1.54, 1.807) is 36.5 Å². The number of aromatic nitrogens is 2. The van der Waals surface area contributed by atoms with Crippen molar-refractivity contribution in [1.82, 2.24) is 14.9 Å². The van der Waals surface area contributed by atoms with E-state index in [1.165, 1.54) is 4.90 Å². The Morgan fingerprint density at radius 3 is 2.54 bits per heavy atom. The van der Waals surface area contributed by atoms with Gasteiger partial charge in [-0.25, -0.2) is 14.8 Å². The van der Waals surface area contributed by atoms with Gasteiger partial charge in [-0.1, -0.05) is 0 Å². The van der Waals surface area contributed by atoms with Crippen LogP contribution in [0.25, 0.3) is 0 Å². The Hall–Kier alpha value is -3.16. The summed E-state index contributed by atoms with van der Waals surface area (Å²) in [6, 6.07) is 7.25. The van der Waals surface area contributed by atoms with Gasteiger partial charge in [0.2, 0.25) is 11.9 Å². The van der Waals surface area contributed by atoms with Crippen LogP contribution in [-0.2, 0) is 11.3 Å². The number of benzene rings is 1. The summed E-state index contributed by atoms with van der Waals surface area (Å²) in [7, 11) is 1.69. The third-order valence-corrected chi connectivity index (χ3v) is 4.37. The number of nitrogens with one attached hydrogen (secondary N) is 1. The van der Waals surface area contributed by atoms with E-state index in [-0.39, 0.29) is 23.9 Å². The van der Waals surface area contributed by atoms with Crippen molar-refractivity contribution in [3.8, 4) is 0 Å². The molecule has 3 amide bonds. The highest BCUT2D eigenvalue weighted by Gasteiger charge is 2.28. The second kappa shape index (κ2) is 7.38. The minimum atomic E-state index is -0.250. The summed E-state index contributed by atoms with van der Waals surface area (Å²) in [5, 5.41) is 2.83. The number of hydrogen-bond donors (Lipinski definition) is 2. The summed E-state index contributed by atoms with van der Waals surface area (Å²) in [6.07, 6.45) is 4.64. The van der Waals surface area contributed by atoms with Gasteiger partial charge >= 0.3 is 6.03 Å². The van der Waals surface area contributed by atoms with Crippen LogP contribution < -0.4 is 16.0 Å². The number of nitrogens with zero attached hydrogens (tertiary/aromatic N) is 4. The Balaban J connectivity index is 1.60. The molecule has 8 heteroatoms. The van der Waals surface area contributed by atoms with Gasteiger partial charge in [0.1, 0.15) is 0 Å². The zero-order chi connectivity index (χ0) is 18.7. The minimum absolute atomic E-state index is 0.139. The van der Waals surface area contributed by atoms with Crippen LogP contribution in [-0.4, -0.2) is 39.9 Å². The maximum absolute atomic E-state index is 12.3. The molecule has 136 valence electrons. The van der Waals surface area contributed by atoms with Gasteiger partial charge in [-0.3, -0.25) is 4.79 Å². The summed E-state index contributed by atoms with van der Waals surface area (Å²) >= 11 is 0. The highest BCUT2D eigenvalue weighted by Crippen LogP contribution is 2.27. The first-order valence-electron chi connectivity index (χ1n) is 8.44. The zero-order valence-electron chi connectivity index (χ0n) is 14.8. The summed E-state index contributed by atoms with van der Waals surface area (Å²) in [6.45, 7) is 2.40. The topological polar surface area (TPSA) is 104 Å². The summed E-state index contributed by atoms with van der Waals surface area (Å²) < 4.78 is 0. The van der Waals surface area contributed by atoms with Gasteiger partial charge in [-0.15, -0.1) is 0 Å². The number of urea groups is 1. The number of hydrogen-bond acceptors (Lipinski definition) is 5. The van der Waals surface area contributed by atoms with E-state index < -0.39 is 0 Å². The predicted octanol–water partition coefficient (Wildman–Crippen LogP) is 2.24. The van der Waals surface area contributed by atoms with E-state index in [9.17, 15) is 9.59 Å². The SMILES string of the molecule is C[C@@H]1CCC(=O)N1c1ccc(NC(=O)N(C)Cc2cnc(N)nc2)cc1. The predicted molar refractivity (Wildman–Crippen MR) is 99.6 cm³/mol. The molecule has 1 aliphatic rings. The molecule has 1 atom stereocenters. The molecule has 0 aliphatic carbocycles. The largest absolute Gasteiger partial charge is 0.368 e. The van der Waals surface area contributed by atoms with Crippen LogP contribution in [0.15, 0.2) is 36.7 Å². The van der Waals surface area contributed by atoms with Gasteiger partial charge in [-0.2, -0.15) is 0 Å². The average Bonchev–Trinajstić information content (AvgIpc) is 2.96. The monoisotopic (exact) mass is 354 g/mol. The Labute approximate surface area is 152 Å². The van der Waals surface area contributed by atoms with Crippen molar-refractivity contribution in [1.29, 1.82) is 0 Å². The first-order chi connectivity index (χ1) is 12.4. The number of amides is 3. The molecule has 3 N–H and O–H groups in total. The molecule has 1 aliphatic heterocycles. The number of nitrogen functional groups attached to an aromatic ring is 1. The lowest BCUT2D eigenvalue weighted by Crippen LogP contribution is -2.31. The molecule has 0 radical (unpaired) electrons. The van der Waals surface area contributed by atoms with Crippen molar-refractivity contribution in [3.05, 3.63) is 42.2 Å². The van der Waals surface area contributed by atoms with Crippen molar-refractivity contribution in [2.75, 3.05) is 23.0 Å². The Bertz CT molecular complexity index is 790. The molecule has 8 nitrogen and oxygen atoms in total. The third-order valence-electron chi connectivity index (χ3n) is 4.37. The molecule has 1 fully saturated rings. The van der Waals surface area contributed by atoms with E-state index in [1.807, 2.05) is 19.1 Å². The van der Waals surface area contributed by atoms with E-state index in [0.717, 1.165) is 17.7 Å². The lowest BCUT2D eigenvalue weighted by Gasteiger charge is -2.22. The highest BCUT2D eigenvalue weighted by molar-refractivity contribution is 5.96. The highest BCUT2D eigenvalue weighted by atomic mass is 16.2. The fraction of sp³-hybridized carbons (Fsp3) is 0.333. The molecule has 1 aromatic carbocycles. The van der Waals surface area contributed by atoms with Gasteiger partial charge < -0.3 is 20.9 Å². The molecule has 0 spiro atoms. The molecule has 0 bridgehead atoms. The zero-order valence-corrected chi connectivity index (χ0v) is 14.8. The van der Waals surface area contributed by atoms with Crippen molar-refractivity contribution in [2.24, 2.45) is 0 Å². The van der Waals surface area contributed by atoms with Crippen molar-refractivity contribution in [3.63, 3.8) is 0 Å².